The van der Waals surface area contributed by atoms with Crippen molar-refractivity contribution >= 4 is 40.4 Å². The van der Waals surface area contributed by atoms with Crippen molar-refractivity contribution in [3.8, 4) is 16.9 Å². The van der Waals surface area contributed by atoms with E-state index in [-0.39, 0.29) is 24.3 Å². The van der Waals surface area contributed by atoms with E-state index in [1.807, 2.05) is 34.5 Å². The molecule has 2 amide bonds. The molecule has 0 radical (unpaired) electrons. The van der Waals surface area contributed by atoms with Crippen molar-refractivity contribution in [3.63, 3.8) is 0 Å². The van der Waals surface area contributed by atoms with Crippen molar-refractivity contribution in [1.29, 1.82) is 0 Å². The van der Waals surface area contributed by atoms with Crippen LogP contribution in [-0.2, 0) is 11.2 Å². The molecule has 1 aliphatic heterocycles. The number of ether oxygens (including phenoxy) is 1. The Morgan fingerprint density at radius 2 is 1.74 bits per heavy atom. The zero-order valence-electron chi connectivity index (χ0n) is 21.7. The number of carbonyl (C=O) groups is 2. The highest BCUT2D eigenvalue weighted by Crippen LogP contribution is 2.32. The fourth-order valence-electron chi connectivity index (χ4n) is 4.67. The lowest BCUT2D eigenvalue weighted by molar-refractivity contribution is -0.134. The normalized spacial score (nSPS) is 13.7. The zero-order chi connectivity index (χ0) is 27.2. The molecule has 3 aromatic carbocycles. The molecule has 0 atom stereocenters. The molecule has 1 N–H and O–H groups in total. The van der Waals surface area contributed by atoms with E-state index in [4.69, 9.17) is 16.3 Å². The Labute approximate surface area is 237 Å². The molecule has 8 heteroatoms. The summed E-state index contributed by atoms with van der Waals surface area (Å²) in [6.45, 7) is 3.41. The molecule has 0 unspecified atom stereocenters. The van der Waals surface area contributed by atoms with E-state index in [1.165, 1.54) is 16.9 Å². The van der Waals surface area contributed by atoms with Crippen LogP contribution in [0.4, 0.5) is 5.69 Å². The second-order valence-corrected chi connectivity index (χ2v) is 10.8. The van der Waals surface area contributed by atoms with Crippen molar-refractivity contribution in [2.75, 3.05) is 25.0 Å². The van der Waals surface area contributed by atoms with Crippen LogP contribution in [-0.4, -0.2) is 41.4 Å². The maximum atomic E-state index is 13.1. The Balaban J connectivity index is 1.16. The van der Waals surface area contributed by atoms with Crippen LogP contribution in [0.15, 0.2) is 78.2 Å². The summed E-state index contributed by atoms with van der Waals surface area (Å²) in [4.78, 5) is 32.2. The number of thiazole rings is 1. The highest BCUT2D eigenvalue weighted by molar-refractivity contribution is 7.10. The maximum Gasteiger partial charge on any atom is 0.275 e. The number of rotatable bonds is 8. The minimum absolute atomic E-state index is 0.00189. The van der Waals surface area contributed by atoms with Crippen molar-refractivity contribution in [2.45, 2.75) is 32.1 Å². The number of amides is 2. The molecular formula is C31H30ClN3O3S. The number of para-hydroxylation sites is 1. The van der Waals surface area contributed by atoms with Crippen LogP contribution in [0, 0.1) is 0 Å². The third-order valence-corrected chi connectivity index (χ3v) is 8.24. The van der Waals surface area contributed by atoms with Gasteiger partial charge in [-0.1, -0.05) is 61.0 Å². The smallest absolute Gasteiger partial charge is 0.275 e. The summed E-state index contributed by atoms with van der Waals surface area (Å²) in [6, 6.07) is 23.2. The molecule has 1 aromatic heterocycles. The van der Waals surface area contributed by atoms with Gasteiger partial charge in [0.25, 0.3) is 11.8 Å². The zero-order valence-corrected chi connectivity index (χ0v) is 23.3. The molecular weight excluding hydrogens is 530 g/mol. The third-order valence-electron chi connectivity index (χ3n) is 6.98. The minimum atomic E-state index is -0.220. The van der Waals surface area contributed by atoms with Gasteiger partial charge in [-0.3, -0.25) is 9.59 Å². The number of nitrogens with zero attached hydrogens (tertiary/aromatic N) is 2. The molecule has 0 aliphatic carbocycles. The standard InChI is InChI=1S/C31H30ClN3O3S/c1-2-21-7-9-22(10-8-21)26-5-3-4-6-27(26)33-30(37)28-20-39-31(34-28)23-15-17-35(18-16-23)29(36)19-38-25-13-11-24(32)12-14-25/h3-14,20,23H,2,15-19H2,1H3,(H,33,37). The van der Waals surface area contributed by atoms with Gasteiger partial charge in [-0.25, -0.2) is 4.98 Å². The average Bonchev–Trinajstić information content (AvgIpc) is 3.48. The van der Waals surface area contributed by atoms with Crippen LogP contribution in [0.1, 0.15) is 46.7 Å². The number of piperidine rings is 1. The molecule has 4 aromatic rings. The van der Waals surface area contributed by atoms with E-state index in [2.05, 4.69) is 41.5 Å². The van der Waals surface area contributed by atoms with Crippen LogP contribution in [0.2, 0.25) is 5.02 Å². The van der Waals surface area contributed by atoms with Gasteiger partial charge in [-0.2, -0.15) is 0 Å². The van der Waals surface area contributed by atoms with E-state index in [9.17, 15) is 9.59 Å². The van der Waals surface area contributed by atoms with Crippen LogP contribution in [0.25, 0.3) is 11.1 Å². The summed E-state index contributed by atoms with van der Waals surface area (Å²) < 4.78 is 5.61. The first kappa shape index (κ1) is 26.9. The van der Waals surface area contributed by atoms with E-state index >= 15 is 0 Å². The van der Waals surface area contributed by atoms with E-state index in [0.717, 1.165) is 41.1 Å². The lowest BCUT2D eigenvalue weighted by Gasteiger charge is -2.31. The van der Waals surface area contributed by atoms with Gasteiger partial charge in [-0.15, -0.1) is 11.3 Å². The van der Waals surface area contributed by atoms with Crippen molar-refractivity contribution in [2.24, 2.45) is 0 Å². The first-order chi connectivity index (χ1) is 19.0. The molecule has 5 rings (SSSR count). The second-order valence-electron chi connectivity index (χ2n) is 9.52. The number of aromatic nitrogens is 1. The molecule has 2 heterocycles. The fraction of sp³-hybridized carbons (Fsp3) is 0.258. The van der Waals surface area contributed by atoms with Gasteiger partial charge < -0.3 is 15.0 Å². The molecule has 200 valence electrons. The second kappa shape index (κ2) is 12.5. The fourth-order valence-corrected chi connectivity index (χ4v) is 5.77. The van der Waals surface area contributed by atoms with Crippen molar-refractivity contribution in [3.05, 3.63) is 99.5 Å². The summed E-state index contributed by atoms with van der Waals surface area (Å²) in [5.41, 5.74) is 4.48. The van der Waals surface area contributed by atoms with E-state index in [0.29, 0.717) is 29.6 Å². The minimum Gasteiger partial charge on any atom is -0.484 e. The number of carbonyl (C=O) groups excluding carboxylic acids is 2. The lowest BCUT2D eigenvalue weighted by atomic mass is 9.97. The monoisotopic (exact) mass is 559 g/mol. The van der Waals surface area contributed by atoms with E-state index < -0.39 is 0 Å². The Morgan fingerprint density at radius 1 is 1.03 bits per heavy atom. The van der Waals surface area contributed by atoms with Gasteiger partial charge in [0.05, 0.1) is 5.01 Å². The highest BCUT2D eigenvalue weighted by atomic mass is 35.5. The van der Waals surface area contributed by atoms with E-state index in [1.54, 1.807) is 24.3 Å². The molecule has 0 spiro atoms. The molecule has 39 heavy (non-hydrogen) atoms. The molecule has 0 bridgehead atoms. The number of benzene rings is 3. The Kier molecular flexibility index (Phi) is 8.59. The summed E-state index contributed by atoms with van der Waals surface area (Å²) >= 11 is 7.40. The van der Waals surface area contributed by atoms with Crippen LogP contribution in [0.5, 0.6) is 5.75 Å². The molecule has 1 fully saturated rings. The quantitative estimate of drug-likeness (QED) is 0.251. The summed E-state index contributed by atoms with van der Waals surface area (Å²) in [6.07, 6.45) is 2.59. The number of hydrogen-bond donors (Lipinski definition) is 1. The number of halogens is 1. The third kappa shape index (κ3) is 6.67. The topological polar surface area (TPSA) is 71.5 Å². The SMILES string of the molecule is CCc1ccc(-c2ccccc2NC(=O)c2csc(C3CCN(C(=O)COc4ccc(Cl)cc4)CC3)n2)cc1. The predicted octanol–water partition coefficient (Wildman–Crippen LogP) is 7.06. The van der Waals surface area contributed by atoms with Crippen molar-refractivity contribution < 1.29 is 14.3 Å². The number of anilines is 1. The Bertz CT molecular complexity index is 1430. The first-order valence-corrected chi connectivity index (χ1v) is 14.4. The number of hydrogen-bond acceptors (Lipinski definition) is 5. The summed E-state index contributed by atoms with van der Waals surface area (Å²) in [5.74, 6) is 0.586. The van der Waals surface area contributed by atoms with Crippen LogP contribution >= 0.6 is 22.9 Å². The number of likely N-dealkylation sites (tertiary alicyclic amines) is 1. The number of aryl methyl sites for hydroxylation is 1. The van der Waals surface area contributed by atoms with Gasteiger partial charge in [0.1, 0.15) is 11.4 Å². The number of nitrogens with one attached hydrogen (secondary N) is 1. The maximum absolute atomic E-state index is 13.1. The molecule has 6 nitrogen and oxygen atoms in total. The molecule has 0 saturated carbocycles. The first-order valence-electron chi connectivity index (χ1n) is 13.1. The van der Waals surface area contributed by atoms with Gasteiger partial charge in [-0.05, 0) is 60.7 Å². The molecule has 1 aliphatic rings. The Morgan fingerprint density at radius 3 is 2.46 bits per heavy atom. The van der Waals surface area contributed by atoms with Crippen molar-refractivity contribution in [1.82, 2.24) is 9.88 Å². The average molecular weight is 560 g/mol. The van der Waals surface area contributed by atoms with Crippen LogP contribution in [0.3, 0.4) is 0 Å². The highest BCUT2D eigenvalue weighted by Gasteiger charge is 2.26. The van der Waals surface area contributed by atoms with Gasteiger partial charge in [0.2, 0.25) is 0 Å². The predicted molar refractivity (Wildman–Crippen MR) is 157 cm³/mol. The Hall–Kier alpha value is -3.68. The van der Waals surface area contributed by atoms with Crippen LogP contribution < -0.4 is 10.1 Å². The summed E-state index contributed by atoms with van der Waals surface area (Å²) in [5, 5.41) is 6.44. The molecule has 1 saturated heterocycles. The van der Waals surface area contributed by atoms with Gasteiger partial charge in [0.15, 0.2) is 6.61 Å². The lowest BCUT2D eigenvalue weighted by Crippen LogP contribution is -2.40. The summed E-state index contributed by atoms with van der Waals surface area (Å²) in [7, 11) is 0. The van der Waals surface area contributed by atoms with Gasteiger partial charge in [0, 0.05) is 40.7 Å². The largest absolute Gasteiger partial charge is 0.484 e. The van der Waals surface area contributed by atoms with Gasteiger partial charge >= 0.3 is 0 Å².